The zero-order valence-electron chi connectivity index (χ0n) is 9.83. The standard InChI is InChI=1S/C11H14F3N3O/c12-11(13,14)8-16-3-5-17(6-4-16)9(18)10(7-15)1-2-10/h1-6,8H2. The smallest absolute Gasteiger partial charge is 0.339 e. The van der Waals surface area contributed by atoms with Gasteiger partial charge in [0.15, 0.2) is 0 Å². The van der Waals surface area contributed by atoms with E-state index in [1.165, 1.54) is 9.80 Å². The number of halogens is 3. The lowest BCUT2D eigenvalue weighted by molar-refractivity contribution is -0.152. The molecule has 1 saturated heterocycles. The molecule has 1 heterocycles. The molecule has 2 aliphatic rings. The molecule has 0 N–H and O–H groups in total. The van der Waals surface area contributed by atoms with Gasteiger partial charge < -0.3 is 4.90 Å². The first-order valence-electron chi connectivity index (χ1n) is 5.86. The number of carbonyl (C=O) groups excluding carboxylic acids is 1. The summed E-state index contributed by atoms with van der Waals surface area (Å²) in [5.74, 6) is -0.211. The van der Waals surface area contributed by atoms with E-state index in [2.05, 4.69) is 0 Å². The topological polar surface area (TPSA) is 47.3 Å². The Morgan fingerprint density at radius 1 is 1.22 bits per heavy atom. The highest BCUT2D eigenvalue weighted by Crippen LogP contribution is 2.46. The molecule has 0 spiro atoms. The van der Waals surface area contributed by atoms with Crippen molar-refractivity contribution >= 4 is 5.91 Å². The maximum absolute atomic E-state index is 12.2. The van der Waals surface area contributed by atoms with Gasteiger partial charge in [-0.05, 0) is 12.8 Å². The van der Waals surface area contributed by atoms with Gasteiger partial charge in [-0.25, -0.2) is 0 Å². The molecule has 7 heteroatoms. The average molecular weight is 261 g/mol. The van der Waals surface area contributed by atoms with Crippen LogP contribution in [0, 0.1) is 16.7 Å². The first kappa shape index (κ1) is 13.1. The minimum Gasteiger partial charge on any atom is -0.339 e. The number of hydrogen-bond acceptors (Lipinski definition) is 3. The van der Waals surface area contributed by atoms with Gasteiger partial charge in [-0.1, -0.05) is 0 Å². The molecule has 1 saturated carbocycles. The largest absolute Gasteiger partial charge is 0.401 e. The van der Waals surface area contributed by atoms with Crippen molar-refractivity contribution in [3.05, 3.63) is 0 Å². The summed E-state index contributed by atoms with van der Waals surface area (Å²) < 4.78 is 36.6. The molecule has 0 aromatic carbocycles. The van der Waals surface area contributed by atoms with Gasteiger partial charge in [0, 0.05) is 26.2 Å². The van der Waals surface area contributed by atoms with Gasteiger partial charge >= 0.3 is 6.18 Å². The van der Waals surface area contributed by atoms with Crippen molar-refractivity contribution in [1.29, 1.82) is 5.26 Å². The predicted molar refractivity (Wildman–Crippen MR) is 56.4 cm³/mol. The number of rotatable bonds is 2. The lowest BCUT2D eigenvalue weighted by Crippen LogP contribution is -2.52. The predicted octanol–water partition coefficient (Wildman–Crippen LogP) is 0.997. The van der Waals surface area contributed by atoms with Crippen LogP contribution < -0.4 is 0 Å². The molecule has 0 atom stereocenters. The van der Waals surface area contributed by atoms with Gasteiger partial charge in [-0.2, -0.15) is 18.4 Å². The SMILES string of the molecule is N#CC1(C(=O)N2CCN(CC(F)(F)F)CC2)CC1. The Bertz CT molecular complexity index is 376. The summed E-state index contributed by atoms with van der Waals surface area (Å²) in [6, 6.07) is 2.01. The van der Waals surface area contributed by atoms with Crippen LogP contribution in [0.25, 0.3) is 0 Å². The molecular weight excluding hydrogens is 247 g/mol. The number of nitrogens with zero attached hydrogens (tertiary/aromatic N) is 3. The van der Waals surface area contributed by atoms with Gasteiger partial charge in [0.05, 0.1) is 12.6 Å². The molecular formula is C11H14F3N3O. The van der Waals surface area contributed by atoms with Crippen molar-refractivity contribution < 1.29 is 18.0 Å². The molecule has 2 rings (SSSR count). The van der Waals surface area contributed by atoms with Crippen molar-refractivity contribution in [2.75, 3.05) is 32.7 Å². The monoisotopic (exact) mass is 261 g/mol. The zero-order valence-corrected chi connectivity index (χ0v) is 9.83. The van der Waals surface area contributed by atoms with Crippen LogP contribution in [0.2, 0.25) is 0 Å². The summed E-state index contributed by atoms with van der Waals surface area (Å²) in [7, 11) is 0. The third kappa shape index (κ3) is 2.75. The van der Waals surface area contributed by atoms with Gasteiger partial charge in [-0.15, -0.1) is 0 Å². The number of amides is 1. The first-order chi connectivity index (χ1) is 8.36. The lowest BCUT2D eigenvalue weighted by Gasteiger charge is -2.35. The molecule has 2 fully saturated rings. The highest BCUT2D eigenvalue weighted by Gasteiger charge is 2.52. The van der Waals surface area contributed by atoms with Crippen LogP contribution in [-0.4, -0.2) is 54.6 Å². The van der Waals surface area contributed by atoms with Gasteiger partial charge in [-0.3, -0.25) is 9.69 Å². The number of hydrogen-bond donors (Lipinski definition) is 0. The summed E-state index contributed by atoms with van der Waals surface area (Å²) in [6.07, 6.45) is -3.05. The zero-order chi connectivity index (χ0) is 13.4. The van der Waals surface area contributed by atoms with Crippen LogP contribution in [0.4, 0.5) is 13.2 Å². The maximum atomic E-state index is 12.2. The van der Waals surface area contributed by atoms with E-state index in [0.717, 1.165) is 0 Å². The Balaban J connectivity index is 1.84. The highest BCUT2D eigenvalue weighted by molar-refractivity contribution is 5.88. The van der Waals surface area contributed by atoms with E-state index >= 15 is 0 Å². The van der Waals surface area contributed by atoms with Crippen molar-refractivity contribution in [2.45, 2.75) is 19.0 Å². The van der Waals surface area contributed by atoms with E-state index in [4.69, 9.17) is 5.26 Å². The van der Waals surface area contributed by atoms with Crippen LogP contribution in [0.5, 0.6) is 0 Å². The molecule has 100 valence electrons. The highest BCUT2D eigenvalue weighted by atomic mass is 19.4. The number of alkyl halides is 3. The summed E-state index contributed by atoms with van der Waals surface area (Å²) in [5, 5.41) is 8.91. The molecule has 18 heavy (non-hydrogen) atoms. The Hall–Kier alpha value is -1.29. The van der Waals surface area contributed by atoms with Gasteiger partial charge in [0.1, 0.15) is 5.41 Å². The van der Waals surface area contributed by atoms with E-state index in [1.807, 2.05) is 6.07 Å². The second-order valence-corrected chi connectivity index (χ2v) is 4.88. The molecule has 1 aliphatic carbocycles. The van der Waals surface area contributed by atoms with Crippen LogP contribution in [0.15, 0.2) is 0 Å². The minimum absolute atomic E-state index is 0.211. The normalized spacial score (nSPS) is 23.6. The van der Waals surface area contributed by atoms with E-state index < -0.39 is 18.1 Å². The van der Waals surface area contributed by atoms with Crippen molar-refractivity contribution in [3.8, 4) is 6.07 Å². The minimum atomic E-state index is -4.20. The summed E-state index contributed by atoms with van der Waals surface area (Å²) in [4.78, 5) is 14.8. The van der Waals surface area contributed by atoms with Crippen molar-refractivity contribution in [1.82, 2.24) is 9.80 Å². The molecule has 0 bridgehead atoms. The van der Waals surface area contributed by atoms with Crippen molar-refractivity contribution in [2.24, 2.45) is 5.41 Å². The van der Waals surface area contributed by atoms with Crippen LogP contribution >= 0.6 is 0 Å². The molecule has 0 aromatic rings. The van der Waals surface area contributed by atoms with E-state index in [0.29, 0.717) is 12.8 Å². The number of piperazine rings is 1. The van der Waals surface area contributed by atoms with Gasteiger partial charge in [0.25, 0.3) is 0 Å². The average Bonchev–Trinajstić information content (AvgIpc) is 3.08. The molecule has 1 amide bonds. The van der Waals surface area contributed by atoms with E-state index in [9.17, 15) is 18.0 Å². The second kappa shape index (κ2) is 4.43. The molecule has 4 nitrogen and oxygen atoms in total. The molecule has 0 aromatic heterocycles. The van der Waals surface area contributed by atoms with Crippen LogP contribution in [0.1, 0.15) is 12.8 Å². The summed E-state index contributed by atoms with van der Waals surface area (Å²) in [6.45, 7) is 0.0502. The van der Waals surface area contributed by atoms with Crippen LogP contribution in [0.3, 0.4) is 0 Å². The Kier molecular flexibility index (Phi) is 3.23. The quantitative estimate of drug-likeness (QED) is 0.745. The maximum Gasteiger partial charge on any atom is 0.401 e. The third-order valence-electron chi connectivity index (χ3n) is 3.44. The summed E-state index contributed by atoms with van der Waals surface area (Å²) in [5.41, 5.74) is -0.869. The fourth-order valence-electron chi connectivity index (χ4n) is 2.16. The second-order valence-electron chi connectivity index (χ2n) is 4.88. The first-order valence-corrected chi connectivity index (χ1v) is 5.86. The Morgan fingerprint density at radius 3 is 2.17 bits per heavy atom. The Labute approximate surface area is 103 Å². The van der Waals surface area contributed by atoms with E-state index in [-0.39, 0.29) is 32.1 Å². The van der Waals surface area contributed by atoms with Crippen LogP contribution in [-0.2, 0) is 4.79 Å². The number of carbonyl (C=O) groups is 1. The third-order valence-corrected chi connectivity index (χ3v) is 3.44. The molecule has 0 unspecified atom stereocenters. The molecule has 1 aliphatic heterocycles. The fraction of sp³-hybridized carbons (Fsp3) is 0.818. The van der Waals surface area contributed by atoms with Crippen molar-refractivity contribution in [3.63, 3.8) is 0 Å². The molecule has 0 radical (unpaired) electrons. The fourth-order valence-corrected chi connectivity index (χ4v) is 2.16. The number of nitriles is 1. The summed E-state index contributed by atoms with van der Waals surface area (Å²) >= 11 is 0. The lowest BCUT2D eigenvalue weighted by atomic mass is 10.1. The Morgan fingerprint density at radius 2 is 1.78 bits per heavy atom. The van der Waals surface area contributed by atoms with E-state index in [1.54, 1.807) is 0 Å². The van der Waals surface area contributed by atoms with Gasteiger partial charge in [0.2, 0.25) is 5.91 Å².